The Balaban J connectivity index is 1.85. The number of aromatic nitrogens is 3. The molecule has 29 heavy (non-hydrogen) atoms. The molecule has 3 aromatic rings. The van der Waals surface area contributed by atoms with E-state index < -0.39 is 5.60 Å². The van der Waals surface area contributed by atoms with Crippen LogP contribution in [0.5, 0.6) is 5.75 Å². The summed E-state index contributed by atoms with van der Waals surface area (Å²) in [5.41, 5.74) is 1.22. The summed E-state index contributed by atoms with van der Waals surface area (Å²) in [5.74, 6) is 0.0712. The van der Waals surface area contributed by atoms with Crippen LogP contribution < -0.4 is 4.74 Å². The number of ether oxygens (including phenoxy) is 2. The maximum atomic E-state index is 12.6. The van der Waals surface area contributed by atoms with Crippen molar-refractivity contribution in [2.75, 3.05) is 7.11 Å². The molecule has 0 aliphatic heterocycles. The van der Waals surface area contributed by atoms with Gasteiger partial charge < -0.3 is 9.47 Å². The Morgan fingerprint density at radius 3 is 2.62 bits per heavy atom. The van der Waals surface area contributed by atoms with E-state index in [0.29, 0.717) is 21.6 Å². The Labute approximate surface area is 177 Å². The highest BCUT2D eigenvalue weighted by molar-refractivity contribution is 9.10. The van der Waals surface area contributed by atoms with Crippen LogP contribution in [0.2, 0.25) is 0 Å². The van der Waals surface area contributed by atoms with Crippen LogP contribution in [-0.4, -0.2) is 39.2 Å². The van der Waals surface area contributed by atoms with Crippen molar-refractivity contribution in [3.8, 4) is 5.75 Å². The number of halogens is 1. The zero-order chi connectivity index (χ0) is 21.2. The Hall–Kier alpha value is -2.74. The molecule has 0 saturated heterocycles. The average Bonchev–Trinajstić information content (AvgIpc) is 3.00. The number of nitrogens with zero attached hydrogens (tertiary/aromatic N) is 3. The minimum absolute atomic E-state index is 0.00446. The van der Waals surface area contributed by atoms with E-state index in [4.69, 9.17) is 9.47 Å². The van der Waals surface area contributed by atoms with Crippen LogP contribution in [0.4, 0.5) is 0 Å². The molecule has 2 aromatic heterocycles. The zero-order valence-corrected chi connectivity index (χ0v) is 18.3. The minimum atomic E-state index is -0.555. The summed E-state index contributed by atoms with van der Waals surface area (Å²) in [6.45, 7) is 5.46. The topological polar surface area (TPSA) is 83.3 Å². The Morgan fingerprint density at radius 1 is 1.21 bits per heavy atom. The van der Waals surface area contributed by atoms with Gasteiger partial charge in [0.25, 0.3) is 0 Å². The first-order chi connectivity index (χ1) is 13.6. The van der Waals surface area contributed by atoms with Gasteiger partial charge in [0.2, 0.25) is 0 Å². The van der Waals surface area contributed by atoms with Gasteiger partial charge in [-0.15, -0.1) is 0 Å². The van der Waals surface area contributed by atoms with Crippen LogP contribution in [0, 0.1) is 0 Å². The molecule has 8 heteroatoms. The molecule has 0 aliphatic carbocycles. The smallest absolute Gasteiger partial charge is 0.328 e. The van der Waals surface area contributed by atoms with Crippen molar-refractivity contribution < 1.29 is 19.1 Å². The van der Waals surface area contributed by atoms with Gasteiger partial charge in [-0.25, -0.2) is 4.98 Å². The number of methoxy groups -OCH3 is 1. The number of ketones is 1. The van der Waals surface area contributed by atoms with Gasteiger partial charge in [0.05, 0.1) is 12.6 Å². The Morgan fingerprint density at radius 2 is 1.97 bits per heavy atom. The largest absolute Gasteiger partial charge is 0.496 e. The SMILES string of the molecule is COc1cc2nn(CC(=O)OC(C)(C)C)cc2cc1CC(=O)c1cccc(Br)n1. The molecule has 1 aromatic carbocycles. The zero-order valence-electron chi connectivity index (χ0n) is 16.7. The molecule has 0 amide bonds. The molecule has 0 bridgehead atoms. The molecule has 0 radical (unpaired) electrons. The summed E-state index contributed by atoms with van der Waals surface area (Å²) in [6.07, 6.45) is 1.89. The maximum Gasteiger partial charge on any atom is 0.328 e. The van der Waals surface area contributed by atoms with Crippen molar-refractivity contribution in [2.24, 2.45) is 0 Å². The summed E-state index contributed by atoms with van der Waals surface area (Å²) < 4.78 is 12.9. The van der Waals surface area contributed by atoms with E-state index in [0.717, 1.165) is 10.9 Å². The third-order valence-electron chi connectivity index (χ3n) is 4.02. The second-order valence-corrected chi connectivity index (χ2v) is 8.39. The van der Waals surface area contributed by atoms with Gasteiger partial charge >= 0.3 is 5.97 Å². The van der Waals surface area contributed by atoms with E-state index in [1.807, 2.05) is 26.8 Å². The highest BCUT2D eigenvalue weighted by atomic mass is 79.9. The van der Waals surface area contributed by atoms with Crippen molar-refractivity contribution in [1.29, 1.82) is 0 Å². The predicted molar refractivity (Wildman–Crippen MR) is 112 cm³/mol. The van der Waals surface area contributed by atoms with Crippen LogP contribution in [0.3, 0.4) is 0 Å². The van der Waals surface area contributed by atoms with Crippen LogP contribution in [0.15, 0.2) is 41.1 Å². The lowest BCUT2D eigenvalue weighted by Gasteiger charge is -2.19. The lowest BCUT2D eigenvalue weighted by atomic mass is 10.0. The van der Waals surface area contributed by atoms with E-state index in [1.54, 1.807) is 37.6 Å². The average molecular weight is 460 g/mol. The molecule has 0 spiro atoms. The number of fused-ring (bicyclic) bond motifs is 1. The molecule has 0 N–H and O–H groups in total. The molecule has 0 aliphatic rings. The number of carbonyl (C=O) groups excluding carboxylic acids is 2. The molecule has 0 fully saturated rings. The molecule has 152 valence electrons. The van der Waals surface area contributed by atoms with Crippen molar-refractivity contribution in [2.45, 2.75) is 39.3 Å². The van der Waals surface area contributed by atoms with Crippen molar-refractivity contribution in [3.05, 3.63) is 52.4 Å². The highest BCUT2D eigenvalue weighted by Crippen LogP contribution is 2.26. The Bertz CT molecular complexity index is 1070. The van der Waals surface area contributed by atoms with Gasteiger partial charge in [0, 0.05) is 29.6 Å². The summed E-state index contributed by atoms with van der Waals surface area (Å²) >= 11 is 3.28. The summed E-state index contributed by atoms with van der Waals surface area (Å²) in [5, 5.41) is 5.22. The number of pyridine rings is 1. The quantitative estimate of drug-likeness (QED) is 0.315. The first-order valence-electron chi connectivity index (χ1n) is 9.06. The van der Waals surface area contributed by atoms with Crippen LogP contribution in [-0.2, 0) is 22.5 Å². The fourth-order valence-electron chi connectivity index (χ4n) is 2.89. The van der Waals surface area contributed by atoms with Gasteiger partial charge in [-0.2, -0.15) is 5.10 Å². The fraction of sp³-hybridized carbons (Fsp3) is 0.333. The van der Waals surface area contributed by atoms with Crippen molar-refractivity contribution >= 4 is 38.6 Å². The molecular formula is C21H22BrN3O4. The first kappa shape index (κ1) is 21.0. The number of esters is 1. The molecule has 2 heterocycles. The highest BCUT2D eigenvalue weighted by Gasteiger charge is 2.18. The Kier molecular flexibility index (Phi) is 6.02. The third-order valence-corrected chi connectivity index (χ3v) is 4.46. The fourth-order valence-corrected chi connectivity index (χ4v) is 3.24. The van der Waals surface area contributed by atoms with E-state index in [2.05, 4.69) is 26.0 Å². The summed E-state index contributed by atoms with van der Waals surface area (Å²) in [6, 6.07) is 8.82. The van der Waals surface area contributed by atoms with Gasteiger partial charge in [-0.1, -0.05) is 6.07 Å². The minimum Gasteiger partial charge on any atom is -0.496 e. The van der Waals surface area contributed by atoms with Gasteiger partial charge in [0.15, 0.2) is 5.78 Å². The molecule has 0 saturated carbocycles. The van der Waals surface area contributed by atoms with E-state index in [-0.39, 0.29) is 24.7 Å². The van der Waals surface area contributed by atoms with E-state index in [9.17, 15) is 9.59 Å². The second-order valence-electron chi connectivity index (χ2n) is 7.58. The standard InChI is InChI=1S/C21H22BrN3O4/c1-21(2,3)29-20(27)12-25-11-14-8-13(18(28-4)10-16(14)24-25)9-17(26)15-6-5-7-19(22)23-15/h5-8,10-11H,9,12H2,1-4H3. The number of Topliss-reactive ketones (excluding diaryl/α,β-unsaturated/α-hetero) is 1. The molecular weight excluding hydrogens is 438 g/mol. The van der Waals surface area contributed by atoms with Gasteiger partial charge in [-0.3, -0.25) is 14.3 Å². The lowest BCUT2D eigenvalue weighted by Crippen LogP contribution is -2.26. The molecule has 3 rings (SSSR count). The number of hydrogen-bond donors (Lipinski definition) is 0. The molecule has 0 atom stereocenters. The van der Waals surface area contributed by atoms with Crippen LogP contribution in [0.25, 0.3) is 10.9 Å². The van der Waals surface area contributed by atoms with Crippen molar-refractivity contribution in [1.82, 2.24) is 14.8 Å². The molecule has 7 nitrogen and oxygen atoms in total. The van der Waals surface area contributed by atoms with Gasteiger partial charge in [0.1, 0.15) is 28.2 Å². The monoisotopic (exact) mass is 459 g/mol. The normalized spacial score (nSPS) is 11.5. The maximum absolute atomic E-state index is 12.6. The predicted octanol–water partition coefficient (Wildman–Crippen LogP) is 3.97. The summed E-state index contributed by atoms with van der Waals surface area (Å²) in [7, 11) is 1.55. The number of rotatable bonds is 6. The van der Waals surface area contributed by atoms with E-state index >= 15 is 0 Å². The number of hydrogen-bond acceptors (Lipinski definition) is 6. The van der Waals surface area contributed by atoms with E-state index in [1.165, 1.54) is 4.68 Å². The van der Waals surface area contributed by atoms with Crippen LogP contribution in [0.1, 0.15) is 36.8 Å². The lowest BCUT2D eigenvalue weighted by molar-refractivity contribution is -0.155. The van der Waals surface area contributed by atoms with Crippen LogP contribution >= 0.6 is 15.9 Å². The number of benzene rings is 1. The second kappa shape index (κ2) is 8.32. The van der Waals surface area contributed by atoms with Gasteiger partial charge in [-0.05, 0) is 54.9 Å². The van der Waals surface area contributed by atoms with Crippen molar-refractivity contribution in [3.63, 3.8) is 0 Å². The number of carbonyl (C=O) groups is 2. The molecule has 0 unspecified atom stereocenters. The third kappa shape index (κ3) is 5.41. The first-order valence-corrected chi connectivity index (χ1v) is 9.85. The summed E-state index contributed by atoms with van der Waals surface area (Å²) in [4.78, 5) is 28.9.